The van der Waals surface area contributed by atoms with Gasteiger partial charge in [-0.05, 0) is 6.42 Å². The molecule has 25 heavy (non-hydrogen) atoms. The lowest BCUT2D eigenvalue weighted by Crippen LogP contribution is -2.14. The second-order valence-electron chi connectivity index (χ2n) is 7.51. The van der Waals surface area contributed by atoms with Gasteiger partial charge in [-0.15, -0.1) is 0 Å². The zero-order valence-electron chi connectivity index (χ0n) is 17.1. The normalized spacial score (nSPS) is 12.3. The number of ether oxygens (including phenoxy) is 1. The zero-order valence-corrected chi connectivity index (χ0v) is 17.1. The van der Waals surface area contributed by atoms with Crippen molar-refractivity contribution in [3.63, 3.8) is 0 Å². The predicted molar refractivity (Wildman–Crippen MR) is 107 cm³/mol. The fraction of sp³-hybridized carbons (Fsp3) is 0.955. The molecule has 0 rings (SSSR count). The zero-order chi connectivity index (χ0) is 18.6. The van der Waals surface area contributed by atoms with E-state index in [1.165, 1.54) is 103 Å². The van der Waals surface area contributed by atoms with Crippen molar-refractivity contribution in [2.24, 2.45) is 0 Å². The molecule has 0 aromatic rings. The number of rotatable bonds is 19. The van der Waals surface area contributed by atoms with E-state index in [1.807, 2.05) is 0 Å². The minimum absolute atomic E-state index is 0.403. The fourth-order valence-corrected chi connectivity index (χ4v) is 3.29. The summed E-state index contributed by atoms with van der Waals surface area (Å²) in [7, 11) is 0. The van der Waals surface area contributed by atoms with E-state index >= 15 is 0 Å². The van der Waals surface area contributed by atoms with E-state index in [0.29, 0.717) is 6.42 Å². The summed E-state index contributed by atoms with van der Waals surface area (Å²) in [5, 5.41) is 9.40. The fourth-order valence-electron chi connectivity index (χ4n) is 3.29. The van der Waals surface area contributed by atoms with Crippen molar-refractivity contribution >= 4 is 5.97 Å². The molecule has 0 radical (unpaired) electrons. The summed E-state index contributed by atoms with van der Waals surface area (Å²) in [5.41, 5.74) is 0. The highest BCUT2D eigenvalue weighted by atomic mass is 16.6. The molecule has 0 saturated heterocycles. The van der Waals surface area contributed by atoms with Gasteiger partial charge in [0, 0.05) is 13.3 Å². The standard InChI is InChI=1S/C22H44O3/c1-3-4-5-6-7-8-9-10-11-12-13-14-15-16-17-18-19-20-22(24)25-21(2)23/h22,24H,3-20H2,1-2H3. The Bertz CT molecular complexity index is 278. The molecule has 0 saturated carbocycles. The van der Waals surface area contributed by atoms with Crippen LogP contribution in [0.2, 0.25) is 0 Å². The van der Waals surface area contributed by atoms with Gasteiger partial charge in [-0.1, -0.05) is 110 Å². The Labute approximate surface area is 156 Å². The Morgan fingerprint density at radius 1 is 0.680 bits per heavy atom. The first kappa shape index (κ1) is 24.4. The molecule has 1 N–H and O–H groups in total. The molecule has 0 aromatic heterocycles. The molecule has 0 aliphatic rings. The van der Waals surface area contributed by atoms with Crippen LogP contribution < -0.4 is 0 Å². The van der Waals surface area contributed by atoms with Gasteiger partial charge in [0.1, 0.15) is 0 Å². The van der Waals surface area contributed by atoms with E-state index in [9.17, 15) is 9.90 Å². The Kier molecular flexibility index (Phi) is 19.3. The maximum absolute atomic E-state index is 10.7. The van der Waals surface area contributed by atoms with Crippen LogP contribution in [0.4, 0.5) is 0 Å². The van der Waals surface area contributed by atoms with E-state index in [1.54, 1.807) is 0 Å². The van der Waals surface area contributed by atoms with E-state index in [2.05, 4.69) is 6.92 Å². The maximum Gasteiger partial charge on any atom is 0.304 e. The third-order valence-electron chi connectivity index (χ3n) is 4.86. The van der Waals surface area contributed by atoms with Crippen LogP contribution in [0.1, 0.15) is 129 Å². The molecule has 3 heteroatoms. The molecule has 3 nitrogen and oxygen atoms in total. The van der Waals surface area contributed by atoms with Crippen LogP contribution >= 0.6 is 0 Å². The third-order valence-corrected chi connectivity index (χ3v) is 4.86. The van der Waals surface area contributed by atoms with Crippen molar-refractivity contribution < 1.29 is 14.6 Å². The summed E-state index contributed by atoms with van der Waals surface area (Å²) in [5.74, 6) is -0.403. The van der Waals surface area contributed by atoms with Crippen LogP contribution in [-0.4, -0.2) is 17.4 Å². The number of aliphatic hydroxyl groups is 1. The van der Waals surface area contributed by atoms with Crippen LogP contribution in [0.3, 0.4) is 0 Å². The van der Waals surface area contributed by atoms with E-state index in [0.717, 1.165) is 12.8 Å². The summed E-state index contributed by atoms with van der Waals surface area (Å²) in [4.78, 5) is 10.7. The van der Waals surface area contributed by atoms with Crippen molar-refractivity contribution in [3.8, 4) is 0 Å². The van der Waals surface area contributed by atoms with Crippen LogP contribution in [0.5, 0.6) is 0 Å². The first-order valence-electron chi connectivity index (χ1n) is 11.0. The topological polar surface area (TPSA) is 46.5 Å². The molecule has 1 unspecified atom stereocenters. The van der Waals surface area contributed by atoms with Gasteiger partial charge in [0.15, 0.2) is 0 Å². The molecular weight excluding hydrogens is 312 g/mol. The molecule has 0 aliphatic heterocycles. The van der Waals surface area contributed by atoms with Crippen LogP contribution in [-0.2, 0) is 9.53 Å². The first-order valence-corrected chi connectivity index (χ1v) is 11.0. The number of hydrogen-bond acceptors (Lipinski definition) is 3. The van der Waals surface area contributed by atoms with Crippen molar-refractivity contribution in [2.75, 3.05) is 0 Å². The minimum Gasteiger partial charge on any atom is -0.436 e. The molecule has 0 spiro atoms. The molecule has 1 atom stereocenters. The SMILES string of the molecule is CCCCCCCCCCCCCCCCCCCC(O)OC(C)=O. The molecule has 0 aliphatic carbocycles. The second kappa shape index (κ2) is 19.8. The molecule has 0 amide bonds. The smallest absolute Gasteiger partial charge is 0.304 e. The largest absolute Gasteiger partial charge is 0.436 e. The number of esters is 1. The van der Waals surface area contributed by atoms with Gasteiger partial charge >= 0.3 is 5.97 Å². The van der Waals surface area contributed by atoms with E-state index in [-0.39, 0.29) is 0 Å². The monoisotopic (exact) mass is 356 g/mol. The Morgan fingerprint density at radius 3 is 1.32 bits per heavy atom. The average Bonchev–Trinajstić information content (AvgIpc) is 2.57. The van der Waals surface area contributed by atoms with Crippen molar-refractivity contribution in [1.82, 2.24) is 0 Å². The number of unbranched alkanes of at least 4 members (excludes halogenated alkanes) is 16. The van der Waals surface area contributed by atoms with Crippen molar-refractivity contribution in [3.05, 3.63) is 0 Å². The summed E-state index contributed by atoms with van der Waals surface area (Å²) in [6.45, 7) is 3.61. The van der Waals surface area contributed by atoms with Gasteiger partial charge < -0.3 is 9.84 Å². The highest BCUT2D eigenvalue weighted by Crippen LogP contribution is 2.14. The Morgan fingerprint density at radius 2 is 1.00 bits per heavy atom. The highest BCUT2D eigenvalue weighted by molar-refractivity contribution is 5.65. The Balaban J connectivity index is 3.06. The van der Waals surface area contributed by atoms with E-state index in [4.69, 9.17) is 4.74 Å². The number of carbonyl (C=O) groups is 1. The second-order valence-corrected chi connectivity index (χ2v) is 7.51. The van der Waals surface area contributed by atoms with Crippen LogP contribution in [0, 0.1) is 0 Å². The molecule has 150 valence electrons. The molecule has 0 bridgehead atoms. The average molecular weight is 357 g/mol. The van der Waals surface area contributed by atoms with Crippen molar-refractivity contribution in [2.45, 2.75) is 136 Å². The lowest BCUT2D eigenvalue weighted by molar-refractivity contribution is -0.165. The quantitative estimate of drug-likeness (QED) is 0.155. The van der Waals surface area contributed by atoms with Gasteiger partial charge in [-0.2, -0.15) is 0 Å². The van der Waals surface area contributed by atoms with Gasteiger partial charge in [0.25, 0.3) is 0 Å². The maximum atomic E-state index is 10.7. The first-order chi connectivity index (χ1) is 12.2. The molecule has 0 heterocycles. The summed E-state index contributed by atoms with van der Waals surface area (Å²) < 4.78 is 4.70. The number of carbonyl (C=O) groups excluding carboxylic acids is 1. The molecule has 0 fully saturated rings. The van der Waals surface area contributed by atoms with Crippen LogP contribution in [0.15, 0.2) is 0 Å². The third kappa shape index (κ3) is 21.4. The highest BCUT2D eigenvalue weighted by Gasteiger charge is 2.05. The number of hydrogen-bond donors (Lipinski definition) is 1. The van der Waals surface area contributed by atoms with Gasteiger partial charge in [0.05, 0.1) is 0 Å². The molecular formula is C22H44O3. The lowest BCUT2D eigenvalue weighted by Gasteiger charge is -2.09. The summed E-state index contributed by atoms with van der Waals surface area (Å²) in [6, 6.07) is 0. The number of aliphatic hydroxyl groups excluding tert-OH is 1. The minimum atomic E-state index is -0.908. The van der Waals surface area contributed by atoms with Crippen LogP contribution in [0.25, 0.3) is 0 Å². The van der Waals surface area contributed by atoms with E-state index < -0.39 is 12.3 Å². The summed E-state index contributed by atoms with van der Waals surface area (Å²) in [6.07, 6.45) is 22.5. The molecule has 0 aromatic carbocycles. The lowest BCUT2D eigenvalue weighted by atomic mass is 10.0. The Hall–Kier alpha value is -0.570. The predicted octanol–water partition coefficient (Wildman–Crippen LogP) is 6.91. The van der Waals surface area contributed by atoms with Gasteiger partial charge in [-0.25, -0.2) is 0 Å². The van der Waals surface area contributed by atoms with Crippen molar-refractivity contribution in [1.29, 1.82) is 0 Å². The summed E-state index contributed by atoms with van der Waals surface area (Å²) >= 11 is 0. The van der Waals surface area contributed by atoms with Gasteiger partial charge in [0.2, 0.25) is 6.29 Å². The van der Waals surface area contributed by atoms with Gasteiger partial charge in [-0.3, -0.25) is 4.79 Å².